The monoisotopic (exact) mass is 365 g/mol. The van der Waals surface area contributed by atoms with Gasteiger partial charge in [-0.3, -0.25) is 4.79 Å². The van der Waals surface area contributed by atoms with Crippen LogP contribution in [-0.2, 0) is 13.0 Å². The molecule has 0 unspecified atom stereocenters. The van der Waals surface area contributed by atoms with Crippen LogP contribution in [0.1, 0.15) is 32.5 Å². The number of phenols is 1. The number of amides is 1. The van der Waals surface area contributed by atoms with Crippen LogP contribution >= 0.6 is 11.3 Å². The fourth-order valence-corrected chi connectivity index (χ4v) is 5.33. The average Bonchev–Trinajstić information content (AvgIpc) is 2.99. The van der Waals surface area contributed by atoms with E-state index >= 15 is 0 Å². The van der Waals surface area contributed by atoms with E-state index in [0.717, 1.165) is 40.8 Å². The largest absolute Gasteiger partial charge is 0.507 e. The van der Waals surface area contributed by atoms with E-state index < -0.39 is 6.17 Å². The Morgan fingerprint density at radius 1 is 1.19 bits per heavy atom. The number of fused-ring (bicyclic) bond motifs is 4. The van der Waals surface area contributed by atoms with Crippen LogP contribution in [0.25, 0.3) is 10.8 Å². The molecule has 3 N–H and O–H groups in total. The molecule has 0 spiro atoms. The highest BCUT2D eigenvalue weighted by atomic mass is 32.1. The van der Waals surface area contributed by atoms with Crippen molar-refractivity contribution in [1.82, 2.24) is 10.2 Å². The number of hydrogen-bond acceptors (Lipinski definition) is 5. The summed E-state index contributed by atoms with van der Waals surface area (Å²) in [6, 6.07) is 11.5. The van der Waals surface area contributed by atoms with Gasteiger partial charge in [0.05, 0.1) is 5.56 Å². The molecule has 132 valence electrons. The van der Waals surface area contributed by atoms with Crippen molar-refractivity contribution >= 4 is 33.0 Å². The number of benzene rings is 2. The topological polar surface area (TPSA) is 64.6 Å². The van der Waals surface area contributed by atoms with Gasteiger partial charge in [0, 0.05) is 23.5 Å². The lowest BCUT2D eigenvalue weighted by Gasteiger charge is -2.28. The van der Waals surface area contributed by atoms with Crippen LogP contribution < -0.4 is 10.6 Å². The van der Waals surface area contributed by atoms with E-state index in [-0.39, 0.29) is 11.7 Å². The molecule has 0 radical (unpaired) electrons. The van der Waals surface area contributed by atoms with E-state index in [1.54, 1.807) is 17.4 Å². The van der Waals surface area contributed by atoms with Gasteiger partial charge in [-0.05, 0) is 35.9 Å². The second-order valence-corrected chi connectivity index (χ2v) is 8.07. The summed E-state index contributed by atoms with van der Waals surface area (Å²) in [6.07, 6.45) is 0.454. The van der Waals surface area contributed by atoms with Crippen LogP contribution in [0.5, 0.6) is 5.75 Å². The smallest absolute Gasteiger partial charge is 0.256 e. The molecule has 0 bridgehead atoms. The Hall–Kier alpha value is -2.57. The van der Waals surface area contributed by atoms with Gasteiger partial charge in [-0.15, -0.1) is 11.3 Å². The third-order valence-electron chi connectivity index (χ3n) is 5.26. The zero-order chi connectivity index (χ0) is 17.8. The summed E-state index contributed by atoms with van der Waals surface area (Å²) in [5.41, 5.74) is 2.67. The van der Waals surface area contributed by atoms with Crippen molar-refractivity contribution in [2.45, 2.75) is 19.1 Å². The van der Waals surface area contributed by atoms with E-state index in [0.29, 0.717) is 5.56 Å². The first-order valence-corrected chi connectivity index (χ1v) is 9.54. The molecule has 6 heteroatoms. The minimum Gasteiger partial charge on any atom is -0.507 e. The second-order valence-electron chi connectivity index (χ2n) is 6.97. The predicted octanol–water partition coefficient (Wildman–Crippen LogP) is 3.45. The third kappa shape index (κ3) is 2.29. The molecule has 3 aromatic rings. The number of hydrogen-bond donors (Lipinski definition) is 3. The number of aromatic hydroxyl groups is 1. The maximum absolute atomic E-state index is 12.9. The zero-order valence-electron chi connectivity index (χ0n) is 14.4. The highest BCUT2D eigenvalue weighted by Crippen LogP contribution is 2.42. The van der Waals surface area contributed by atoms with Crippen LogP contribution in [0.3, 0.4) is 0 Å². The van der Waals surface area contributed by atoms with Gasteiger partial charge in [0.25, 0.3) is 5.91 Å². The van der Waals surface area contributed by atoms with E-state index in [9.17, 15) is 9.90 Å². The minimum absolute atomic E-state index is 0.0573. The van der Waals surface area contributed by atoms with Gasteiger partial charge in [-0.25, -0.2) is 0 Å². The highest BCUT2D eigenvalue weighted by Gasteiger charge is 2.34. The quantitative estimate of drug-likeness (QED) is 0.618. The van der Waals surface area contributed by atoms with Gasteiger partial charge in [0.15, 0.2) is 0 Å². The van der Waals surface area contributed by atoms with Gasteiger partial charge < -0.3 is 20.6 Å². The number of rotatable bonds is 1. The Kier molecular flexibility index (Phi) is 3.45. The summed E-state index contributed by atoms with van der Waals surface area (Å²) in [6.45, 7) is 1.85. The van der Waals surface area contributed by atoms with Crippen molar-refractivity contribution in [3.8, 4) is 5.75 Å². The standard InChI is InChI=1S/C20H19N3O2S/c1-23-9-8-13-15(10-23)26-20-17(13)19(25)21-18(22-20)16-12-5-3-2-4-11(12)6-7-14(16)24/h2-7,18,22,24H,8-10H2,1H3,(H,21,25)/t18-/m1/s1. The first-order chi connectivity index (χ1) is 12.6. The summed E-state index contributed by atoms with van der Waals surface area (Å²) in [5.74, 6) is 0.129. The minimum atomic E-state index is -0.445. The lowest BCUT2D eigenvalue weighted by atomic mass is 9.98. The first-order valence-electron chi connectivity index (χ1n) is 8.73. The highest BCUT2D eigenvalue weighted by molar-refractivity contribution is 7.16. The molecule has 2 aliphatic heterocycles. The first kappa shape index (κ1) is 15.7. The molecule has 3 heterocycles. The Morgan fingerprint density at radius 2 is 2.04 bits per heavy atom. The fraction of sp³-hybridized carbons (Fsp3) is 0.250. The molecule has 2 aliphatic rings. The molecule has 0 saturated heterocycles. The molecular weight excluding hydrogens is 346 g/mol. The van der Waals surface area contributed by atoms with Crippen LogP contribution in [0.2, 0.25) is 0 Å². The van der Waals surface area contributed by atoms with Gasteiger partial charge in [0.1, 0.15) is 16.9 Å². The van der Waals surface area contributed by atoms with E-state index in [4.69, 9.17) is 0 Å². The van der Waals surface area contributed by atoms with E-state index in [2.05, 4.69) is 22.6 Å². The van der Waals surface area contributed by atoms with Crippen molar-refractivity contribution in [2.24, 2.45) is 0 Å². The van der Waals surface area contributed by atoms with E-state index in [1.807, 2.05) is 30.3 Å². The average molecular weight is 365 g/mol. The van der Waals surface area contributed by atoms with Crippen molar-refractivity contribution in [1.29, 1.82) is 0 Å². The fourth-order valence-electron chi connectivity index (χ4n) is 3.98. The third-order valence-corrected chi connectivity index (χ3v) is 6.41. The number of carbonyl (C=O) groups excluding carboxylic acids is 1. The number of phenolic OH excluding ortho intramolecular Hbond substituents is 1. The molecule has 0 saturated carbocycles. The molecule has 26 heavy (non-hydrogen) atoms. The number of carbonyl (C=O) groups is 1. The van der Waals surface area contributed by atoms with Crippen molar-refractivity contribution in [3.63, 3.8) is 0 Å². The molecule has 5 nitrogen and oxygen atoms in total. The summed E-state index contributed by atoms with van der Waals surface area (Å²) < 4.78 is 0. The Morgan fingerprint density at radius 3 is 2.92 bits per heavy atom. The molecule has 1 aromatic heterocycles. The van der Waals surface area contributed by atoms with Gasteiger partial charge in [0.2, 0.25) is 0 Å². The summed E-state index contributed by atoms with van der Waals surface area (Å²) in [5, 5.41) is 19.9. The molecule has 1 amide bonds. The molecule has 2 aromatic carbocycles. The van der Waals surface area contributed by atoms with Crippen LogP contribution in [0.15, 0.2) is 36.4 Å². The summed E-state index contributed by atoms with van der Waals surface area (Å²) in [7, 11) is 2.10. The second kappa shape index (κ2) is 5.72. The SMILES string of the molecule is CN1CCc2c(sc3c2C(=O)N[C@@H](c2c(O)ccc4ccccc24)N3)C1. The summed E-state index contributed by atoms with van der Waals surface area (Å²) in [4.78, 5) is 16.4. The zero-order valence-corrected chi connectivity index (χ0v) is 15.2. The number of nitrogens with one attached hydrogen (secondary N) is 2. The van der Waals surface area contributed by atoms with Crippen molar-refractivity contribution in [2.75, 3.05) is 18.9 Å². The summed E-state index contributed by atoms with van der Waals surface area (Å²) >= 11 is 1.66. The van der Waals surface area contributed by atoms with Gasteiger partial charge >= 0.3 is 0 Å². The number of anilines is 1. The Bertz CT molecular complexity index is 1040. The Labute approximate surface area is 155 Å². The van der Waals surface area contributed by atoms with Crippen molar-refractivity contribution < 1.29 is 9.90 Å². The lowest BCUT2D eigenvalue weighted by Crippen LogP contribution is -2.38. The number of likely N-dealkylation sites (N-methyl/N-ethyl adjacent to an activating group) is 1. The van der Waals surface area contributed by atoms with Gasteiger partial charge in [-0.1, -0.05) is 30.3 Å². The molecule has 0 fully saturated rings. The van der Waals surface area contributed by atoms with Crippen LogP contribution in [0, 0.1) is 0 Å². The predicted molar refractivity (Wildman–Crippen MR) is 104 cm³/mol. The lowest BCUT2D eigenvalue weighted by molar-refractivity contribution is 0.0935. The maximum Gasteiger partial charge on any atom is 0.256 e. The number of thiophene rings is 1. The van der Waals surface area contributed by atoms with E-state index in [1.165, 1.54) is 10.4 Å². The molecule has 0 aliphatic carbocycles. The Balaban J connectivity index is 1.61. The molecule has 1 atom stereocenters. The normalized spacial score (nSPS) is 19.6. The maximum atomic E-state index is 12.9. The molecular formula is C20H19N3O2S. The number of nitrogens with zero attached hydrogens (tertiary/aromatic N) is 1. The van der Waals surface area contributed by atoms with Gasteiger partial charge in [-0.2, -0.15) is 0 Å². The molecule has 5 rings (SSSR count). The van der Waals surface area contributed by atoms with Crippen LogP contribution in [0.4, 0.5) is 5.00 Å². The van der Waals surface area contributed by atoms with Crippen molar-refractivity contribution in [3.05, 3.63) is 58.0 Å². The van der Waals surface area contributed by atoms with Crippen LogP contribution in [-0.4, -0.2) is 29.5 Å².